The van der Waals surface area contributed by atoms with Crippen LogP contribution in [-0.2, 0) is 20.7 Å². The first-order valence-corrected chi connectivity index (χ1v) is 13.6. The number of carbonyl (C=O) groups is 3. The lowest BCUT2D eigenvalue weighted by Gasteiger charge is -2.35. The maximum absolute atomic E-state index is 13.6. The highest BCUT2D eigenvalue weighted by molar-refractivity contribution is 6.42. The predicted molar refractivity (Wildman–Crippen MR) is 149 cm³/mol. The molecule has 202 valence electrons. The lowest BCUT2D eigenvalue weighted by molar-refractivity contribution is -0.148. The molecule has 2 rings (SSSR count). The Morgan fingerprint density at radius 3 is 2.24 bits per heavy atom. The second-order valence-electron chi connectivity index (χ2n) is 9.69. The van der Waals surface area contributed by atoms with Crippen molar-refractivity contribution in [3.63, 3.8) is 0 Å². The van der Waals surface area contributed by atoms with E-state index >= 15 is 0 Å². The molecule has 0 aromatic heterocycles. The molecule has 0 aliphatic carbocycles. The van der Waals surface area contributed by atoms with Crippen LogP contribution in [0.5, 0.6) is 0 Å². The predicted octanol–water partition coefficient (Wildman–Crippen LogP) is 6.38. The van der Waals surface area contributed by atoms with Gasteiger partial charge in [-0.05, 0) is 51.0 Å². The van der Waals surface area contributed by atoms with Crippen LogP contribution in [-0.4, -0.2) is 36.5 Å². The minimum atomic E-state index is -1.01. The van der Waals surface area contributed by atoms with E-state index in [0.717, 1.165) is 31.2 Å². The fourth-order valence-corrected chi connectivity index (χ4v) is 4.35. The van der Waals surface area contributed by atoms with Gasteiger partial charge in [0.05, 0.1) is 22.1 Å². The molecule has 2 aromatic rings. The van der Waals surface area contributed by atoms with Crippen LogP contribution in [0.4, 0.5) is 0 Å². The molecule has 0 aliphatic rings. The van der Waals surface area contributed by atoms with Crippen molar-refractivity contribution >= 4 is 41.0 Å². The summed E-state index contributed by atoms with van der Waals surface area (Å²) >= 11 is 12.1. The van der Waals surface area contributed by atoms with Crippen molar-refractivity contribution in [1.29, 1.82) is 0 Å². The summed E-state index contributed by atoms with van der Waals surface area (Å²) in [5.41, 5.74) is 0.250. The summed E-state index contributed by atoms with van der Waals surface area (Å²) in [6.45, 7) is 7.64. The number of hydrogen-bond acceptors (Lipinski definition) is 4. The van der Waals surface area contributed by atoms with Crippen molar-refractivity contribution in [3.8, 4) is 0 Å². The minimum absolute atomic E-state index is 0.211. The standard InChI is InChI=1S/C29H38Cl2N2O4/c1-5-7-8-12-15-25(33-26(34)21-16-17-22(30)23(31)19-21)29(3,4)28(36)32-24(27(35)37-6-2)18-20-13-10-9-11-14-20/h9-11,13-14,16-17,19,24-25H,5-8,12,15,18H2,1-4H3,(H,32,36)(H,33,34)/t24-,25?/m0/s1. The number of esters is 1. The highest BCUT2D eigenvalue weighted by atomic mass is 35.5. The molecule has 2 N–H and O–H groups in total. The highest BCUT2D eigenvalue weighted by Gasteiger charge is 2.39. The third-order valence-corrected chi connectivity index (χ3v) is 7.19. The molecule has 0 aliphatic heterocycles. The van der Waals surface area contributed by atoms with Crippen LogP contribution in [0.1, 0.15) is 75.7 Å². The van der Waals surface area contributed by atoms with Crippen LogP contribution in [0.3, 0.4) is 0 Å². The molecule has 8 heteroatoms. The fraction of sp³-hybridized carbons (Fsp3) is 0.483. The van der Waals surface area contributed by atoms with E-state index in [9.17, 15) is 14.4 Å². The van der Waals surface area contributed by atoms with Crippen LogP contribution < -0.4 is 10.6 Å². The second-order valence-corrected chi connectivity index (χ2v) is 10.5. The monoisotopic (exact) mass is 548 g/mol. The van der Waals surface area contributed by atoms with E-state index in [4.69, 9.17) is 27.9 Å². The van der Waals surface area contributed by atoms with Crippen molar-refractivity contribution in [2.75, 3.05) is 6.61 Å². The van der Waals surface area contributed by atoms with E-state index in [-0.39, 0.29) is 23.4 Å². The maximum atomic E-state index is 13.6. The molecular weight excluding hydrogens is 511 g/mol. The SMILES string of the molecule is CCCCCCC(NC(=O)c1ccc(Cl)c(Cl)c1)C(C)(C)C(=O)N[C@@H](Cc1ccccc1)C(=O)OCC. The van der Waals surface area contributed by atoms with Gasteiger partial charge in [-0.3, -0.25) is 9.59 Å². The number of halogens is 2. The number of nitrogens with one attached hydrogen (secondary N) is 2. The Morgan fingerprint density at radius 1 is 0.919 bits per heavy atom. The van der Waals surface area contributed by atoms with Gasteiger partial charge in [0.25, 0.3) is 5.91 Å². The summed E-state index contributed by atoms with van der Waals surface area (Å²) in [6.07, 6.45) is 4.90. The number of unbranched alkanes of at least 4 members (excludes halogenated alkanes) is 3. The number of benzene rings is 2. The normalized spacial score (nSPS) is 12.9. The third kappa shape index (κ3) is 9.35. The molecule has 0 spiro atoms. The van der Waals surface area contributed by atoms with Crippen molar-refractivity contribution in [2.45, 2.75) is 78.3 Å². The summed E-state index contributed by atoms with van der Waals surface area (Å²) < 4.78 is 5.24. The van der Waals surface area contributed by atoms with Crippen LogP contribution in [0.2, 0.25) is 10.0 Å². The number of rotatable bonds is 14. The second kappa shape index (κ2) is 15.0. The van der Waals surface area contributed by atoms with Crippen LogP contribution >= 0.6 is 23.2 Å². The number of hydrogen-bond donors (Lipinski definition) is 2. The molecule has 0 bridgehead atoms. The number of carbonyl (C=O) groups excluding carboxylic acids is 3. The number of amides is 2. The highest BCUT2D eigenvalue weighted by Crippen LogP contribution is 2.28. The molecule has 0 fully saturated rings. The fourth-order valence-electron chi connectivity index (χ4n) is 4.06. The van der Waals surface area contributed by atoms with Gasteiger partial charge in [-0.15, -0.1) is 0 Å². The van der Waals surface area contributed by atoms with Gasteiger partial charge in [-0.2, -0.15) is 0 Å². The van der Waals surface area contributed by atoms with Gasteiger partial charge in [-0.25, -0.2) is 4.79 Å². The lowest BCUT2D eigenvalue weighted by atomic mass is 9.80. The maximum Gasteiger partial charge on any atom is 0.328 e. The summed E-state index contributed by atoms with van der Waals surface area (Å²) in [6, 6.07) is 12.8. The van der Waals surface area contributed by atoms with E-state index < -0.39 is 23.5 Å². The molecule has 6 nitrogen and oxygen atoms in total. The summed E-state index contributed by atoms with van der Waals surface area (Å²) in [7, 11) is 0. The molecule has 0 saturated carbocycles. The van der Waals surface area contributed by atoms with E-state index in [1.807, 2.05) is 30.3 Å². The Bertz CT molecular complexity index is 1040. The lowest BCUT2D eigenvalue weighted by Crippen LogP contribution is -2.56. The molecule has 2 amide bonds. The first-order chi connectivity index (χ1) is 17.6. The largest absolute Gasteiger partial charge is 0.464 e. The molecule has 37 heavy (non-hydrogen) atoms. The van der Waals surface area contributed by atoms with Gasteiger partial charge in [0.1, 0.15) is 6.04 Å². The van der Waals surface area contributed by atoms with Gasteiger partial charge in [-0.1, -0.05) is 86.1 Å². The Labute approximate surface area is 230 Å². The zero-order chi connectivity index (χ0) is 27.4. The Balaban J connectivity index is 2.25. The zero-order valence-corrected chi connectivity index (χ0v) is 23.6. The van der Waals surface area contributed by atoms with Crippen molar-refractivity contribution in [1.82, 2.24) is 10.6 Å². The zero-order valence-electron chi connectivity index (χ0n) is 22.1. The van der Waals surface area contributed by atoms with Gasteiger partial charge in [0, 0.05) is 18.0 Å². The Hall–Kier alpha value is -2.57. The van der Waals surface area contributed by atoms with Gasteiger partial charge in [0.2, 0.25) is 5.91 Å². The molecule has 2 atom stereocenters. The molecule has 0 heterocycles. The van der Waals surface area contributed by atoms with Crippen molar-refractivity contribution in [3.05, 3.63) is 69.7 Å². The van der Waals surface area contributed by atoms with Gasteiger partial charge in [0.15, 0.2) is 0 Å². The van der Waals surface area contributed by atoms with Crippen LogP contribution in [0, 0.1) is 5.41 Å². The van der Waals surface area contributed by atoms with Crippen LogP contribution in [0.25, 0.3) is 0 Å². The smallest absolute Gasteiger partial charge is 0.328 e. The Kier molecular flexibility index (Phi) is 12.4. The van der Waals surface area contributed by atoms with Gasteiger partial charge >= 0.3 is 5.97 Å². The van der Waals surface area contributed by atoms with E-state index in [0.29, 0.717) is 23.4 Å². The molecule has 0 radical (unpaired) electrons. The minimum Gasteiger partial charge on any atom is -0.464 e. The summed E-state index contributed by atoms with van der Waals surface area (Å²) in [5.74, 6) is -1.17. The first kappa shape index (κ1) is 30.7. The van der Waals surface area contributed by atoms with Crippen LogP contribution in [0.15, 0.2) is 48.5 Å². The summed E-state index contributed by atoms with van der Waals surface area (Å²) in [5, 5.41) is 6.58. The van der Waals surface area contributed by atoms with E-state index in [1.165, 1.54) is 6.07 Å². The molecule has 1 unspecified atom stereocenters. The molecule has 0 saturated heterocycles. The molecular formula is C29H38Cl2N2O4. The van der Waals surface area contributed by atoms with E-state index in [1.54, 1.807) is 32.9 Å². The van der Waals surface area contributed by atoms with Gasteiger partial charge < -0.3 is 15.4 Å². The average Bonchev–Trinajstić information content (AvgIpc) is 2.87. The first-order valence-electron chi connectivity index (χ1n) is 12.9. The Morgan fingerprint density at radius 2 is 1.62 bits per heavy atom. The van der Waals surface area contributed by atoms with Crippen molar-refractivity contribution in [2.24, 2.45) is 5.41 Å². The topological polar surface area (TPSA) is 84.5 Å². The third-order valence-electron chi connectivity index (χ3n) is 6.45. The molecule has 2 aromatic carbocycles. The summed E-state index contributed by atoms with van der Waals surface area (Å²) in [4.78, 5) is 39.4. The quantitative estimate of drug-likeness (QED) is 0.212. The van der Waals surface area contributed by atoms with E-state index in [2.05, 4.69) is 17.6 Å². The average molecular weight is 550 g/mol. The number of ether oxygens (including phenoxy) is 1. The van der Waals surface area contributed by atoms with Crippen molar-refractivity contribution < 1.29 is 19.1 Å².